The zero-order valence-corrected chi connectivity index (χ0v) is 12.7. The summed E-state index contributed by atoms with van der Waals surface area (Å²) in [7, 11) is 4.99. The third kappa shape index (κ3) is 4.42. The van der Waals surface area contributed by atoms with Crippen LogP contribution < -0.4 is 15.2 Å². The van der Waals surface area contributed by atoms with Crippen LogP contribution in [0.15, 0.2) is 18.2 Å². The van der Waals surface area contributed by atoms with Gasteiger partial charge in [-0.05, 0) is 30.2 Å². The quantitative estimate of drug-likeness (QED) is 0.824. The number of nitrogens with zero attached hydrogens (tertiary/aromatic N) is 1. The Labute approximate surface area is 120 Å². The van der Waals surface area contributed by atoms with Gasteiger partial charge in [-0.1, -0.05) is 13.0 Å². The van der Waals surface area contributed by atoms with E-state index in [4.69, 9.17) is 15.2 Å². The highest BCUT2D eigenvalue weighted by atomic mass is 16.5. The second kappa shape index (κ2) is 7.75. The SMILES string of the molecule is COc1ccc(CN(C)C(=O)CC(C)CN)cc1OC. The maximum atomic E-state index is 12.0. The lowest BCUT2D eigenvalue weighted by molar-refractivity contribution is -0.131. The summed E-state index contributed by atoms with van der Waals surface area (Å²) in [5.74, 6) is 1.65. The van der Waals surface area contributed by atoms with E-state index in [0.29, 0.717) is 31.0 Å². The molecule has 1 rings (SSSR count). The number of carbonyl (C=O) groups excluding carboxylic acids is 1. The highest BCUT2D eigenvalue weighted by Crippen LogP contribution is 2.28. The summed E-state index contributed by atoms with van der Waals surface area (Å²) in [5.41, 5.74) is 6.54. The summed E-state index contributed by atoms with van der Waals surface area (Å²) in [5, 5.41) is 0. The van der Waals surface area contributed by atoms with Crippen molar-refractivity contribution in [1.82, 2.24) is 4.90 Å². The second-order valence-electron chi connectivity index (χ2n) is 4.98. The summed E-state index contributed by atoms with van der Waals surface area (Å²) in [6.07, 6.45) is 0.473. The van der Waals surface area contributed by atoms with Crippen molar-refractivity contribution in [3.8, 4) is 11.5 Å². The fourth-order valence-corrected chi connectivity index (χ4v) is 1.88. The highest BCUT2D eigenvalue weighted by Gasteiger charge is 2.13. The van der Waals surface area contributed by atoms with Crippen molar-refractivity contribution < 1.29 is 14.3 Å². The predicted molar refractivity (Wildman–Crippen MR) is 78.9 cm³/mol. The lowest BCUT2D eigenvalue weighted by Crippen LogP contribution is -2.29. The molecule has 0 aliphatic heterocycles. The molecule has 0 aromatic heterocycles. The van der Waals surface area contributed by atoms with Gasteiger partial charge in [0, 0.05) is 20.0 Å². The van der Waals surface area contributed by atoms with Crippen LogP contribution in [0.25, 0.3) is 0 Å². The van der Waals surface area contributed by atoms with Crippen molar-refractivity contribution in [1.29, 1.82) is 0 Å². The molecule has 0 fully saturated rings. The van der Waals surface area contributed by atoms with Gasteiger partial charge in [0.2, 0.25) is 5.91 Å². The van der Waals surface area contributed by atoms with Crippen molar-refractivity contribution in [2.24, 2.45) is 11.7 Å². The molecule has 20 heavy (non-hydrogen) atoms. The van der Waals surface area contributed by atoms with Gasteiger partial charge >= 0.3 is 0 Å². The minimum Gasteiger partial charge on any atom is -0.493 e. The van der Waals surface area contributed by atoms with Crippen LogP contribution in [0.1, 0.15) is 18.9 Å². The number of rotatable bonds is 7. The van der Waals surface area contributed by atoms with E-state index in [0.717, 1.165) is 5.56 Å². The largest absolute Gasteiger partial charge is 0.493 e. The molecule has 0 aliphatic carbocycles. The Bertz CT molecular complexity index is 449. The zero-order valence-electron chi connectivity index (χ0n) is 12.7. The smallest absolute Gasteiger partial charge is 0.222 e. The molecule has 0 aliphatic rings. The van der Waals surface area contributed by atoms with E-state index in [-0.39, 0.29) is 11.8 Å². The molecule has 1 aromatic rings. The summed E-state index contributed by atoms with van der Waals surface area (Å²) in [6, 6.07) is 5.65. The molecule has 1 unspecified atom stereocenters. The summed E-state index contributed by atoms with van der Waals surface area (Å²) < 4.78 is 10.4. The molecule has 1 atom stereocenters. The number of benzene rings is 1. The van der Waals surface area contributed by atoms with Crippen molar-refractivity contribution >= 4 is 5.91 Å². The fourth-order valence-electron chi connectivity index (χ4n) is 1.88. The van der Waals surface area contributed by atoms with E-state index in [1.165, 1.54) is 0 Å². The van der Waals surface area contributed by atoms with Crippen molar-refractivity contribution in [2.75, 3.05) is 27.8 Å². The first-order chi connectivity index (χ1) is 9.51. The van der Waals surface area contributed by atoms with Gasteiger partial charge in [0.05, 0.1) is 14.2 Å². The number of hydrogen-bond donors (Lipinski definition) is 1. The fraction of sp³-hybridized carbons (Fsp3) is 0.533. The molecular formula is C15H24N2O3. The Balaban J connectivity index is 2.70. The molecule has 0 saturated carbocycles. The first-order valence-electron chi connectivity index (χ1n) is 6.66. The molecule has 0 bridgehead atoms. The van der Waals surface area contributed by atoms with Crippen LogP contribution in [0.4, 0.5) is 0 Å². The summed E-state index contributed by atoms with van der Waals surface area (Å²) in [6.45, 7) is 3.04. The second-order valence-corrected chi connectivity index (χ2v) is 4.98. The van der Waals surface area contributed by atoms with Crippen LogP contribution in [0, 0.1) is 5.92 Å². The first kappa shape index (κ1) is 16.3. The lowest BCUT2D eigenvalue weighted by atomic mass is 10.1. The maximum Gasteiger partial charge on any atom is 0.222 e. The van der Waals surface area contributed by atoms with Crippen LogP contribution in [-0.2, 0) is 11.3 Å². The van der Waals surface area contributed by atoms with E-state index in [1.807, 2.05) is 25.1 Å². The van der Waals surface area contributed by atoms with Gasteiger partial charge in [-0.2, -0.15) is 0 Å². The molecule has 1 amide bonds. The van der Waals surface area contributed by atoms with Crippen LogP contribution >= 0.6 is 0 Å². The van der Waals surface area contributed by atoms with Gasteiger partial charge in [-0.3, -0.25) is 4.79 Å². The Morgan fingerprint density at radius 3 is 2.50 bits per heavy atom. The molecule has 0 spiro atoms. The Hall–Kier alpha value is -1.75. The molecule has 5 heteroatoms. The number of hydrogen-bond acceptors (Lipinski definition) is 4. The standard InChI is InChI=1S/C15H24N2O3/c1-11(9-16)7-15(18)17(2)10-12-5-6-13(19-3)14(8-12)20-4/h5-6,8,11H,7,9-10,16H2,1-4H3. The molecule has 1 aromatic carbocycles. The predicted octanol–water partition coefficient (Wildman–Crippen LogP) is 1.65. The van der Waals surface area contributed by atoms with Crippen molar-refractivity contribution in [2.45, 2.75) is 19.9 Å². The monoisotopic (exact) mass is 280 g/mol. The van der Waals surface area contributed by atoms with Crippen molar-refractivity contribution in [3.63, 3.8) is 0 Å². The lowest BCUT2D eigenvalue weighted by Gasteiger charge is -2.20. The van der Waals surface area contributed by atoms with Gasteiger partial charge < -0.3 is 20.1 Å². The van der Waals surface area contributed by atoms with Gasteiger partial charge in [0.15, 0.2) is 11.5 Å². The molecule has 5 nitrogen and oxygen atoms in total. The maximum absolute atomic E-state index is 12.0. The van der Waals surface area contributed by atoms with E-state index in [9.17, 15) is 4.79 Å². The summed E-state index contributed by atoms with van der Waals surface area (Å²) >= 11 is 0. The van der Waals surface area contributed by atoms with Crippen LogP contribution in [0.2, 0.25) is 0 Å². The normalized spacial score (nSPS) is 11.8. The van der Waals surface area contributed by atoms with Crippen molar-refractivity contribution in [3.05, 3.63) is 23.8 Å². The Morgan fingerprint density at radius 2 is 1.95 bits per heavy atom. The number of methoxy groups -OCH3 is 2. The summed E-state index contributed by atoms with van der Waals surface area (Å²) in [4.78, 5) is 13.7. The van der Waals surface area contributed by atoms with Crippen LogP contribution in [0.5, 0.6) is 11.5 Å². The molecule has 0 radical (unpaired) electrons. The Morgan fingerprint density at radius 1 is 1.30 bits per heavy atom. The van der Waals surface area contributed by atoms with E-state index in [1.54, 1.807) is 26.2 Å². The number of carbonyl (C=O) groups is 1. The van der Waals surface area contributed by atoms with E-state index in [2.05, 4.69) is 0 Å². The molecular weight excluding hydrogens is 256 g/mol. The Kier molecular flexibility index (Phi) is 6.31. The van der Waals surface area contributed by atoms with Gasteiger partial charge in [0.1, 0.15) is 0 Å². The number of amides is 1. The van der Waals surface area contributed by atoms with Gasteiger partial charge in [-0.15, -0.1) is 0 Å². The number of nitrogens with two attached hydrogens (primary N) is 1. The first-order valence-corrected chi connectivity index (χ1v) is 6.66. The number of ether oxygens (including phenoxy) is 2. The average molecular weight is 280 g/mol. The molecule has 0 saturated heterocycles. The van der Waals surface area contributed by atoms with E-state index >= 15 is 0 Å². The zero-order chi connectivity index (χ0) is 15.1. The molecule has 2 N–H and O–H groups in total. The third-order valence-corrected chi connectivity index (χ3v) is 3.22. The van der Waals surface area contributed by atoms with Crippen LogP contribution in [-0.4, -0.2) is 38.6 Å². The molecule has 0 heterocycles. The van der Waals surface area contributed by atoms with Gasteiger partial charge in [0.25, 0.3) is 0 Å². The van der Waals surface area contributed by atoms with Gasteiger partial charge in [-0.25, -0.2) is 0 Å². The third-order valence-electron chi connectivity index (χ3n) is 3.22. The highest BCUT2D eigenvalue weighted by molar-refractivity contribution is 5.76. The topological polar surface area (TPSA) is 64.8 Å². The minimum atomic E-state index is 0.0951. The molecule has 112 valence electrons. The van der Waals surface area contributed by atoms with E-state index < -0.39 is 0 Å². The minimum absolute atomic E-state index is 0.0951. The average Bonchev–Trinajstić information content (AvgIpc) is 2.46. The van der Waals surface area contributed by atoms with Crippen LogP contribution in [0.3, 0.4) is 0 Å².